The first-order valence-electron chi connectivity index (χ1n) is 6.11. The predicted octanol–water partition coefficient (Wildman–Crippen LogP) is 1.14. The van der Waals surface area contributed by atoms with Gasteiger partial charge in [-0.05, 0) is 18.6 Å². The molecule has 0 bridgehead atoms. The minimum atomic E-state index is -0.213. The minimum Gasteiger partial charge on any atom is -0.392 e. The second kappa shape index (κ2) is 4.63. The Morgan fingerprint density at radius 3 is 3.00 bits per heavy atom. The van der Waals surface area contributed by atoms with Crippen molar-refractivity contribution in [3.05, 3.63) is 24.0 Å². The van der Waals surface area contributed by atoms with Gasteiger partial charge in [0.1, 0.15) is 0 Å². The fourth-order valence-corrected chi connectivity index (χ4v) is 2.34. The first-order chi connectivity index (χ1) is 8.03. The van der Waals surface area contributed by atoms with Crippen LogP contribution in [0.2, 0.25) is 0 Å². The van der Waals surface area contributed by atoms with E-state index in [1.807, 2.05) is 12.1 Å². The molecule has 0 saturated carbocycles. The summed E-state index contributed by atoms with van der Waals surface area (Å²) in [5, 5.41) is 9.94. The van der Waals surface area contributed by atoms with Crippen LogP contribution in [0.15, 0.2) is 18.3 Å². The topological polar surface area (TPSA) is 62.4 Å². The Labute approximate surface area is 102 Å². The van der Waals surface area contributed by atoms with Crippen LogP contribution in [0.3, 0.4) is 0 Å². The maximum absolute atomic E-state index is 9.94. The molecule has 1 fully saturated rings. The third-order valence-corrected chi connectivity index (χ3v) is 3.55. The Kier molecular flexibility index (Phi) is 3.35. The quantitative estimate of drug-likeness (QED) is 0.807. The zero-order valence-corrected chi connectivity index (χ0v) is 10.6. The van der Waals surface area contributed by atoms with Crippen molar-refractivity contribution in [1.82, 2.24) is 4.98 Å². The van der Waals surface area contributed by atoms with Gasteiger partial charge in [-0.2, -0.15) is 0 Å². The fraction of sp³-hybridized carbons (Fsp3) is 0.615. The first-order valence-corrected chi connectivity index (χ1v) is 6.11. The van der Waals surface area contributed by atoms with E-state index in [1.54, 1.807) is 6.20 Å². The summed E-state index contributed by atoms with van der Waals surface area (Å²) in [4.78, 5) is 6.50. The highest BCUT2D eigenvalue weighted by molar-refractivity contribution is 5.47. The van der Waals surface area contributed by atoms with Crippen LogP contribution in [0.25, 0.3) is 0 Å². The van der Waals surface area contributed by atoms with Gasteiger partial charge in [-0.25, -0.2) is 0 Å². The fourth-order valence-electron chi connectivity index (χ4n) is 2.34. The maximum atomic E-state index is 9.94. The molecule has 1 unspecified atom stereocenters. The lowest BCUT2D eigenvalue weighted by molar-refractivity contribution is 0.0336. The summed E-state index contributed by atoms with van der Waals surface area (Å²) in [6.07, 6.45) is 2.40. The molecule has 0 amide bonds. The summed E-state index contributed by atoms with van der Waals surface area (Å²) in [6.45, 7) is 6.43. The van der Waals surface area contributed by atoms with E-state index in [9.17, 15) is 5.11 Å². The van der Waals surface area contributed by atoms with Gasteiger partial charge in [0.15, 0.2) is 0 Å². The lowest BCUT2D eigenvalue weighted by Crippen LogP contribution is -2.48. The van der Waals surface area contributed by atoms with Crippen molar-refractivity contribution >= 4 is 5.69 Å². The highest BCUT2D eigenvalue weighted by Gasteiger charge is 2.34. The van der Waals surface area contributed by atoms with Gasteiger partial charge < -0.3 is 15.7 Å². The number of hydrogen-bond donors (Lipinski definition) is 2. The molecule has 1 atom stereocenters. The van der Waals surface area contributed by atoms with Gasteiger partial charge in [-0.3, -0.25) is 4.98 Å². The van der Waals surface area contributed by atoms with E-state index >= 15 is 0 Å². The Bertz CT molecular complexity index is 392. The lowest BCUT2D eigenvalue weighted by atomic mass is 9.81. The zero-order valence-electron chi connectivity index (χ0n) is 10.6. The van der Waals surface area contributed by atoms with Crippen molar-refractivity contribution in [2.24, 2.45) is 11.1 Å². The highest BCUT2D eigenvalue weighted by Crippen LogP contribution is 2.31. The second-order valence-electron chi connectivity index (χ2n) is 5.42. The third kappa shape index (κ3) is 2.58. The smallest absolute Gasteiger partial charge is 0.0624 e. The van der Waals surface area contributed by atoms with Crippen molar-refractivity contribution in [3.8, 4) is 0 Å². The molecule has 2 heterocycles. The molecule has 2 rings (SSSR count). The molecule has 3 N–H and O–H groups in total. The summed E-state index contributed by atoms with van der Waals surface area (Å²) in [7, 11) is 0. The number of nitrogens with two attached hydrogens (primary N) is 1. The van der Waals surface area contributed by atoms with Gasteiger partial charge in [0, 0.05) is 36.9 Å². The van der Waals surface area contributed by atoms with Crippen LogP contribution >= 0.6 is 0 Å². The van der Waals surface area contributed by atoms with Gasteiger partial charge in [0.25, 0.3) is 0 Å². The Balaban J connectivity index is 2.17. The molecule has 17 heavy (non-hydrogen) atoms. The number of aromatic nitrogens is 1. The number of anilines is 1. The minimum absolute atomic E-state index is 0.0651. The molecule has 4 nitrogen and oxygen atoms in total. The van der Waals surface area contributed by atoms with Crippen LogP contribution < -0.4 is 10.6 Å². The van der Waals surface area contributed by atoms with Crippen LogP contribution in [-0.2, 0) is 6.54 Å². The SMILES string of the molecule is CC1(C)CN(c2ccnc(CN)c2)CCC1O. The Hall–Kier alpha value is -1.13. The van der Waals surface area contributed by atoms with Crippen LogP contribution in [-0.4, -0.2) is 29.3 Å². The number of aliphatic hydroxyl groups is 1. The monoisotopic (exact) mass is 235 g/mol. The van der Waals surface area contributed by atoms with Crippen LogP contribution in [0.4, 0.5) is 5.69 Å². The standard InChI is InChI=1S/C13H21N3O/c1-13(2)9-16(6-4-12(13)17)11-3-5-15-10(7-11)8-14/h3,5,7,12,17H,4,6,8-9,14H2,1-2H3. The number of nitrogens with zero attached hydrogens (tertiary/aromatic N) is 2. The molecule has 94 valence electrons. The van der Waals surface area contributed by atoms with E-state index in [0.29, 0.717) is 6.54 Å². The van der Waals surface area contributed by atoms with E-state index in [-0.39, 0.29) is 11.5 Å². The molecular weight excluding hydrogens is 214 g/mol. The second-order valence-corrected chi connectivity index (χ2v) is 5.42. The normalized spacial score (nSPS) is 23.8. The van der Waals surface area contributed by atoms with Crippen LogP contribution in [0.5, 0.6) is 0 Å². The molecule has 1 aliphatic heterocycles. The summed E-state index contributed by atoms with van der Waals surface area (Å²) < 4.78 is 0. The van der Waals surface area contributed by atoms with Crippen molar-refractivity contribution in [3.63, 3.8) is 0 Å². The van der Waals surface area contributed by atoms with E-state index in [1.165, 1.54) is 0 Å². The van der Waals surface area contributed by atoms with Crippen molar-refractivity contribution in [2.75, 3.05) is 18.0 Å². The average Bonchev–Trinajstić information content (AvgIpc) is 2.32. The molecule has 1 saturated heterocycles. The maximum Gasteiger partial charge on any atom is 0.0624 e. The van der Waals surface area contributed by atoms with Gasteiger partial charge in [0.2, 0.25) is 0 Å². The molecule has 0 radical (unpaired) electrons. The number of rotatable bonds is 2. The zero-order chi connectivity index (χ0) is 12.5. The van der Waals surface area contributed by atoms with Gasteiger partial charge in [-0.15, -0.1) is 0 Å². The number of piperidine rings is 1. The molecule has 1 aromatic heterocycles. The van der Waals surface area contributed by atoms with E-state index in [0.717, 1.165) is 30.9 Å². The Morgan fingerprint density at radius 2 is 2.35 bits per heavy atom. The van der Waals surface area contributed by atoms with Crippen molar-refractivity contribution in [1.29, 1.82) is 0 Å². The number of hydrogen-bond acceptors (Lipinski definition) is 4. The summed E-state index contributed by atoms with van der Waals surface area (Å²) in [6, 6.07) is 4.04. The molecular formula is C13H21N3O. The van der Waals surface area contributed by atoms with E-state index in [2.05, 4.69) is 23.7 Å². The van der Waals surface area contributed by atoms with E-state index in [4.69, 9.17) is 5.73 Å². The molecule has 4 heteroatoms. The molecule has 1 aromatic rings. The summed E-state index contributed by atoms with van der Waals surface area (Å²) >= 11 is 0. The van der Waals surface area contributed by atoms with Crippen LogP contribution in [0.1, 0.15) is 26.0 Å². The lowest BCUT2D eigenvalue weighted by Gasteiger charge is -2.43. The highest BCUT2D eigenvalue weighted by atomic mass is 16.3. The van der Waals surface area contributed by atoms with Gasteiger partial charge >= 0.3 is 0 Å². The van der Waals surface area contributed by atoms with Gasteiger partial charge in [0.05, 0.1) is 11.8 Å². The number of aliphatic hydroxyl groups excluding tert-OH is 1. The first kappa shape index (κ1) is 12.3. The number of pyridine rings is 1. The Morgan fingerprint density at radius 1 is 1.59 bits per heavy atom. The van der Waals surface area contributed by atoms with E-state index < -0.39 is 0 Å². The largest absolute Gasteiger partial charge is 0.392 e. The van der Waals surface area contributed by atoms with Crippen molar-refractivity contribution in [2.45, 2.75) is 32.9 Å². The van der Waals surface area contributed by atoms with Crippen molar-refractivity contribution < 1.29 is 5.11 Å². The predicted molar refractivity (Wildman–Crippen MR) is 68.7 cm³/mol. The van der Waals surface area contributed by atoms with Gasteiger partial charge in [-0.1, -0.05) is 13.8 Å². The summed E-state index contributed by atoms with van der Waals surface area (Å²) in [5.41, 5.74) is 7.60. The summed E-state index contributed by atoms with van der Waals surface area (Å²) in [5.74, 6) is 0. The average molecular weight is 235 g/mol. The molecule has 0 spiro atoms. The third-order valence-electron chi connectivity index (χ3n) is 3.55. The molecule has 0 aromatic carbocycles. The molecule has 1 aliphatic rings. The van der Waals surface area contributed by atoms with Crippen LogP contribution in [0, 0.1) is 5.41 Å². The molecule has 0 aliphatic carbocycles.